The van der Waals surface area contributed by atoms with Gasteiger partial charge in [0.2, 0.25) is 0 Å². The quantitative estimate of drug-likeness (QED) is 0.741. The van der Waals surface area contributed by atoms with Crippen molar-refractivity contribution in [1.29, 1.82) is 0 Å². The van der Waals surface area contributed by atoms with Gasteiger partial charge in [0.1, 0.15) is 22.6 Å². The van der Waals surface area contributed by atoms with E-state index in [4.69, 9.17) is 4.74 Å². The summed E-state index contributed by atoms with van der Waals surface area (Å²) < 4.78 is 5.57. The van der Waals surface area contributed by atoms with Crippen molar-refractivity contribution in [2.75, 3.05) is 31.1 Å². The molecule has 2 saturated heterocycles. The molecular weight excluding hydrogens is 372 g/mol. The highest BCUT2D eigenvalue weighted by Gasteiger charge is 2.43. The summed E-state index contributed by atoms with van der Waals surface area (Å²) in [5, 5.41) is 1.18. The maximum atomic E-state index is 12.4. The third kappa shape index (κ3) is 3.81. The van der Waals surface area contributed by atoms with E-state index in [0.717, 1.165) is 62.5 Å². The van der Waals surface area contributed by atoms with E-state index in [2.05, 4.69) is 27.9 Å². The molecule has 0 atom stereocenters. The zero-order valence-corrected chi connectivity index (χ0v) is 18.1. The molecule has 1 spiro atoms. The van der Waals surface area contributed by atoms with Crippen molar-refractivity contribution in [1.82, 2.24) is 14.9 Å². The number of ether oxygens (including phenoxy) is 1. The first kappa shape index (κ1) is 19.4. The van der Waals surface area contributed by atoms with Crippen molar-refractivity contribution < 1.29 is 9.53 Å². The van der Waals surface area contributed by atoms with Crippen LogP contribution in [-0.2, 0) is 11.2 Å². The van der Waals surface area contributed by atoms with Gasteiger partial charge < -0.3 is 14.5 Å². The van der Waals surface area contributed by atoms with Crippen LogP contribution in [0.4, 0.5) is 10.6 Å². The first-order valence-electron chi connectivity index (χ1n) is 10.2. The Hall–Kier alpha value is -1.89. The Bertz CT molecular complexity index is 865. The fourth-order valence-electron chi connectivity index (χ4n) is 4.34. The number of carbonyl (C=O) groups is 1. The smallest absolute Gasteiger partial charge is 0.410 e. The van der Waals surface area contributed by atoms with Gasteiger partial charge in [-0.2, -0.15) is 0 Å². The number of carbonyl (C=O) groups excluding carboxylic acids is 1. The molecule has 0 N–H and O–H groups in total. The average molecular weight is 403 g/mol. The molecule has 0 bridgehead atoms. The van der Waals surface area contributed by atoms with Crippen LogP contribution in [0, 0.1) is 5.41 Å². The minimum atomic E-state index is -0.438. The Balaban J connectivity index is 1.43. The van der Waals surface area contributed by atoms with Crippen LogP contribution in [-0.4, -0.2) is 52.7 Å². The number of fused-ring (bicyclic) bond motifs is 1. The van der Waals surface area contributed by atoms with Crippen LogP contribution < -0.4 is 4.90 Å². The van der Waals surface area contributed by atoms with Gasteiger partial charge in [0.25, 0.3) is 0 Å². The number of piperidine rings is 1. The number of likely N-dealkylation sites (tertiary alicyclic amines) is 1. The van der Waals surface area contributed by atoms with Crippen molar-refractivity contribution in [3.05, 3.63) is 17.3 Å². The van der Waals surface area contributed by atoms with E-state index in [1.807, 2.05) is 25.7 Å². The van der Waals surface area contributed by atoms with E-state index in [1.165, 1.54) is 10.3 Å². The third-order valence-corrected chi connectivity index (χ3v) is 7.11. The first-order valence-corrected chi connectivity index (χ1v) is 11.1. The molecule has 0 aliphatic carbocycles. The highest BCUT2D eigenvalue weighted by Crippen LogP contribution is 2.42. The Kier molecular flexibility index (Phi) is 4.98. The number of nitrogens with zero attached hydrogens (tertiary/aromatic N) is 4. The average Bonchev–Trinajstić information content (AvgIpc) is 3.25. The number of hydrogen-bond donors (Lipinski definition) is 0. The number of hydrogen-bond acceptors (Lipinski definition) is 6. The van der Waals surface area contributed by atoms with Crippen LogP contribution in [0.5, 0.6) is 0 Å². The minimum Gasteiger partial charge on any atom is -0.444 e. The Morgan fingerprint density at radius 1 is 1.21 bits per heavy atom. The molecule has 0 unspecified atom stereocenters. The molecule has 28 heavy (non-hydrogen) atoms. The van der Waals surface area contributed by atoms with E-state index < -0.39 is 5.60 Å². The zero-order chi connectivity index (χ0) is 19.9. The molecule has 2 fully saturated rings. The number of aryl methyl sites for hydroxylation is 1. The highest BCUT2D eigenvalue weighted by molar-refractivity contribution is 7.18. The fourth-order valence-corrected chi connectivity index (χ4v) is 5.27. The molecule has 6 nitrogen and oxygen atoms in total. The molecule has 0 saturated carbocycles. The van der Waals surface area contributed by atoms with Gasteiger partial charge in [0.15, 0.2) is 0 Å². The van der Waals surface area contributed by atoms with E-state index in [-0.39, 0.29) is 11.5 Å². The van der Waals surface area contributed by atoms with Crippen molar-refractivity contribution in [3.63, 3.8) is 0 Å². The Labute approximate surface area is 170 Å². The summed E-state index contributed by atoms with van der Waals surface area (Å²) in [5.41, 5.74) is -0.213. The summed E-state index contributed by atoms with van der Waals surface area (Å²) in [4.78, 5) is 28.2. The summed E-state index contributed by atoms with van der Waals surface area (Å²) in [6.45, 7) is 11.5. The normalized spacial score (nSPS) is 19.6. The number of anilines is 1. The van der Waals surface area contributed by atoms with E-state index in [9.17, 15) is 4.79 Å². The van der Waals surface area contributed by atoms with Crippen LogP contribution in [0.3, 0.4) is 0 Å². The van der Waals surface area contributed by atoms with Crippen LogP contribution >= 0.6 is 11.3 Å². The van der Waals surface area contributed by atoms with E-state index >= 15 is 0 Å². The monoisotopic (exact) mass is 402 g/mol. The maximum Gasteiger partial charge on any atom is 0.410 e. The van der Waals surface area contributed by atoms with Crippen molar-refractivity contribution in [2.45, 2.75) is 59.0 Å². The van der Waals surface area contributed by atoms with Gasteiger partial charge in [-0.25, -0.2) is 14.8 Å². The summed E-state index contributed by atoms with van der Waals surface area (Å²) in [6, 6.07) is 2.25. The van der Waals surface area contributed by atoms with Crippen LogP contribution in [0.2, 0.25) is 0 Å². The van der Waals surface area contributed by atoms with Crippen LogP contribution in [0.15, 0.2) is 12.4 Å². The zero-order valence-electron chi connectivity index (χ0n) is 17.3. The van der Waals surface area contributed by atoms with Crippen molar-refractivity contribution in [3.8, 4) is 0 Å². The second-order valence-corrected chi connectivity index (χ2v) is 10.2. The molecule has 0 radical (unpaired) electrons. The van der Waals surface area contributed by atoms with E-state index in [0.29, 0.717) is 0 Å². The Morgan fingerprint density at radius 3 is 2.61 bits per heavy atom. The molecule has 2 aliphatic heterocycles. The maximum absolute atomic E-state index is 12.4. The summed E-state index contributed by atoms with van der Waals surface area (Å²) in [5.74, 6) is 1.07. The molecule has 4 rings (SSSR count). The number of aromatic nitrogens is 2. The third-order valence-electron chi connectivity index (χ3n) is 5.92. The predicted molar refractivity (Wildman–Crippen MR) is 113 cm³/mol. The summed E-state index contributed by atoms with van der Waals surface area (Å²) in [6.07, 6.45) is 5.79. The lowest BCUT2D eigenvalue weighted by atomic mass is 9.78. The second-order valence-electron chi connectivity index (χ2n) is 9.12. The first-order chi connectivity index (χ1) is 13.3. The topological polar surface area (TPSA) is 58.6 Å². The lowest BCUT2D eigenvalue weighted by molar-refractivity contribution is 0.0266. The molecule has 0 aromatic carbocycles. The second kappa shape index (κ2) is 7.17. The van der Waals surface area contributed by atoms with E-state index in [1.54, 1.807) is 17.7 Å². The highest BCUT2D eigenvalue weighted by atomic mass is 32.1. The largest absolute Gasteiger partial charge is 0.444 e. The fraction of sp³-hybridized carbons (Fsp3) is 0.667. The number of rotatable bonds is 2. The predicted octanol–water partition coefficient (Wildman–Crippen LogP) is 4.48. The van der Waals surface area contributed by atoms with Crippen LogP contribution in [0.25, 0.3) is 10.2 Å². The molecule has 2 aromatic rings. The van der Waals surface area contributed by atoms with Gasteiger partial charge in [-0.15, -0.1) is 11.3 Å². The molecule has 152 valence electrons. The molecule has 1 amide bonds. The Morgan fingerprint density at radius 2 is 1.93 bits per heavy atom. The molecular formula is C21H30N4O2S. The molecule has 4 heterocycles. The number of thiophene rings is 1. The molecule has 2 aromatic heterocycles. The lowest BCUT2D eigenvalue weighted by Gasteiger charge is -2.40. The minimum absolute atomic E-state index is 0.172. The van der Waals surface area contributed by atoms with Gasteiger partial charge in [0.05, 0.1) is 5.39 Å². The SMILES string of the molecule is CCc1cc2c(N3CCC4(CCN(C(=O)OC(C)(C)C)C4)CC3)ncnc2s1. The molecule has 7 heteroatoms. The van der Waals surface area contributed by atoms with Gasteiger partial charge >= 0.3 is 6.09 Å². The van der Waals surface area contributed by atoms with Crippen molar-refractivity contribution >= 4 is 33.5 Å². The van der Waals surface area contributed by atoms with Gasteiger partial charge in [-0.1, -0.05) is 6.92 Å². The van der Waals surface area contributed by atoms with Gasteiger partial charge in [-0.05, 0) is 57.9 Å². The molecule has 2 aliphatic rings. The summed E-state index contributed by atoms with van der Waals surface area (Å²) in [7, 11) is 0. The summed E-state index contributed by atoms with van der Waals surface area (Å²) >= 11 is 1.77. The van der Waals surface area contributed by atoms with Gasteiger partial charge in [-0.3, -0.25) is 0 Å². The van der Waals surface area contributed by atoms with Gasteiger partial charge in [0, 0.05) is 31.1 Å². The lowest BCUT2D eigenvalue weighted by Crippen LogP contribution is -2.43. The standard InChI is InChI=1S/C21H30N4O2S/c1-5-15-12-16-17(22-14-23-18(16)28-15)24-9-6-21(7-10-24)8-11-25(13-21)19(26)27-20(2,3)4/h12,14H,5-11,13H2,1-4H3. The van der Waals surface area contributed by atoms with Crippen LogP contribution in [0.1, 0.15) is 51.8 Å². The number of amides is 1. The van der Waals surface area contributed by atoms with Crippen molar-refractivity contribution in [2.24, 2.45) is 5.41 Å².